The lowest BCUT2D eigenvalue weighted by atomic mass is 9.78. The number of nitrogens with zero attached hydrogens (tertiary/aromatic N) is 4. The maximum atomic E-state index is 14.0. The third kappa shape index (κ3) is 4.47. The zero-order valence-corrected chi connectivity index (χ0v) is 27.2. The number of carboxylic acids is 1. The molecule has 12 heteroatoms. The Morgan fingerprint density at radius 1 is 1.07 bits per heavy atom. The van der Waals surface area contributed by atoms with Gasteiger partial charge in [0.2, 0.25) is 5.91 Å². The molecule has 2 bridgehead atoms. The van der Waals surface area contributed by atoms with E-state index in [0.29, 0.717) is 22.6 Å². The van der Waals surface area contributed by atoms with Gasteiger partial charge in [-0.15, -0.1) is 0 Å². The van der Waals surface area contributed by atoms with Gasteiger partial charge in [-0.05, 0) is 35.6 Å². The van der Waals surface area contributed by atoms with Crippen LogP contribution in [0.4, 0.5) is 5.69 Å². The lowest BCUT2D eigenvalue weighted by molar-refractivity contribution is -1.08. The number of rotatable bonds is 10. The molecule has 242 valence electrons. The molecule has 45 heavy (non-hydrogen) atoms. The van der Waals surface area contributed by atoms with E-state index in [2.05, 4.69) is 6.92 Å². The van der Waals surface area contributed by atoms with Crippen molar-refractivity contribution in [2.75, 3.05) is 69.8 Å². The molecule has 2 aromatic carbocycles. The van der Waals surface area contributed by atoms with Crippen molar-refractivity contribution in [2.45, 2.75) is 44.2 Å². The number of piperazine rings is 3. The van der Waals surface area contributed by atoms with Gasteiger partial charge in [-0.2, -0.15) is 0 Å². The van der Waals surface area contributed by atoms with Crippen molar-refractivity contribution in [3.05, 3.63) is 47.2 Å². The number of aliphatic hydroxyl groups is 1. The van der Waals surface area contributed by atoms with Gasteiger partial charge >= 0.3 is 5.97 Å². The number of quaternary nitrogens is 2. The Balaban J connectivity index is 1.16. The average molecular weight is 640 g/mol. The number of amides is 1. The fraction of sp³-hybridized carbons (Fsp3) is 0.576. The number of sulfonamides is 1. The number of nitrogens with two attached hydrogens (primary N) is 1. The van der Waals surface area contributed by atoms with Gasteiger partial charge in [0, 0.05) is 30.2 Å². The Morgan fingerprint density at radius 3 is 2.36 bits per heavy atom. The van der Waals surface area contributed by atoms with Gasteiger partial charge in [0.15, 0.2) is 0 Å². The normalized spacial score (nSPS) is 32.6. The summed E-state index contributed by atoms with van der Waals surface area (Å²) in [6.45, 7) is 15.4. The molecular formula is C33H45N5O6S+2. The van der Waals surface area contributed by atoms with Crippen molar-refractivity contribution >= 4 is 38.4 Å². The van der Waals surface area contributed by atoms with E-state index < -0.39 is 45.9 Å². The predicted octanol–water partition coefficient (Wildman–Crippen LogP) is 1.34. The smallest absolute Gasteiger partial charge is 0.352 e. The van der Waals surface area contributed by atoms with Crippen LogP contribution in [0.1, 0.15) is 26.3 Å². The SMILES string of the molecule is CC(O)C1C(=O)N2C(C(=O)O)=C(CN3c4cccc5c(CC[N+]67CC[N+](C[C@H](C)CN)(CC6)CC7)ccc(c45)S3(=O)=O)[C@H](C)C12. The maximum absolute atomic E-state index is 14.0. The monoisotopic (exact) mass is 639 g/mol. The van der Waals surface area contributed by atoms with E-state index >= 15 is 0 Å². The van der Waals surface area contributed by atoms with Gasteiger partial charge in [0.05, 0.1) is 48.3 Å². The number of β-lactam (4-membered cyclic amide) rings is 1. The summed E-state index contributed by atoms with van der Waals surface area (Å²) in [5.41, 5.74) is 7.84. The number of aliphatic hydroxyl groups excluding tert-OH is 1. The molecule has 3 unspecified atom stereocenters. The zero-order chi connectivity index (χ0) is 32.1. The van der Waals surface area contributed by atoms with E-state index in [4.69, 9.17) is 5.73 Å². The average Bonchev–Trinajstić information content (AvgIpc) is 3.38. The molecule has 0 saturated carbocycles. The largest absolute Gasteiger partial charge is 0.477 e. The van der Waals surface area contributed by atoms with E-state index in [1.54, 1.807) is 12.1 Å². The number of benzene rings is 2. The van der Waals surface area contributed by atoms with Crippen LogP contribution in [-0.2, 0) is 26.0 Å². The van der Waals surface area contributed by atoms with E-state index in [1.807, 2.05) is 25.1 Å². The number of aliphatic carboxylic acids is 1. The topological polar surface area (TPSA) is 141 Å². The molecule has 2 aromatic rings. The highest BCUT2D eigenvalue weighted by Crippen LogP contribution is 2.50. The van der Waals surface area contributed by atoms with E-state index in [-0.39, 0.29) is 17.1 Å². The van der Waals surface area contributed by atoms with Crippen molar-refractivity contribution in [1.82, 2.24) is 4.90 Å². The molecule has 4 saturated heterocycles. The van der Waals surface area contributed by atoms with Crippen molar-refractivity contribution in [2.24, 2.45) is 23.5 Å². The summed E-state index contributed by atoms with van der Waals surface area (Å²) < 4.78 is 31.7. The number of fused-ring (bicyclic) bond motifs is 4. The van der Waals surface area contributed by atoms with Gasteiger partial charge in [0.1, 0.15) is 45.0 Å². The van der Waals surface area contributed by atoms with Crippen LogP contribution < -0.4 is 10.0 Å². The quantitative estimate of drug-likeness (QED) is 0.263. The second-order valence-electron chi connectivity index (χ2n) is 14.4. The van der Waals surface area contributed by atoms with Crippen LogP contribution in [0.15, 0.2) is 46.5 Å². The first-order valence-corrected chi connectivity index (χ1v) is 17.7. The molecule has 0 aromatic heterocycles. The van der Waals surface area contributed by atoms with Crippen LogP contribution >= 0.6 is 0 Å². The lowest BCUT2D eigenvalue weighted by Crippen LogP contribution is -2.75. The standard InChI is InChI=1S/C33H44N5O6S/c1-20(17-34)19-38-14-11-37(12-15-38,13-16-38)10-9-23-7-8-27-29-24(23)5-4-6-26(29)35(45(27,43)44)18-25-21(2)30-28(22(3)39)32(40)36(30)31(25)33(41)42/h4-8,20-22,28,30,39H,9-19,34H2,1-3H3/q+1/p+1/t20-,21+,22?,28?,30?,37?,38?/m1/s1. The Kier molecular flexibility index (Phi) is 7.14. The lowest BCUT2D eigenvalue weighted by Gasteiger charge is -2.56. The number of hydrogen-bond acceptors (Lipinski definition) is 6. The molecule has 0 spiro atoms. The highest BCUT2D eigenvalue weighted by atomic mass is 32.2. The Bertz CT molecular complexity index is 1710. The van der Waals surface area contributed by atoms with Crippen LogP contribution in [0, 0.1) is 17.8 Å². The maximum Gasteiger partial charge on any atom is 0.352 e. The number of carbonyl (C=O) groups excluding carboxylic acids is 1. The minimum Gasteiger partial charge on any atom is -0.477 e. The van der Waals surface area contributed by atoms with Crippen LogP contribution in [0.25, 0.3) is 10.8 Å². The van der Waals surface area contributed by atoms with Crippen molar-refractivity contribution in [3.8, 4) is 0 Å². The van der Waals surface area contributed by atoms with E-state index in [0.717, 1.165) is 61.1 Å². The number of carboxylic acid groups (broad SMARTS) is 1. The van der Waals surface area contributed by atoms with E-state index in [9.17, 15) is 28.2 Å². The molecule has 1 amide bonds. The van der Waals surface area contributed by atoms with Gasteiger partial charge in [0.25, 0.3) is 10.0 Å². The van der Waals surface area contributed by atoms with Crippen LogP contribution in [0.3, 0.4) is 0 Å². The number of hydrogen-bond donors (Lipinski definition) is 3. The molecule has 4 N–H and O–H groups in total. The number of anilines is 1. The van der Waals surface area contributed by atoms with Crippen molar-refractivity contribution in [1.29, 1.82) is 0 Å². The summed E-state index contributed by atoms with van der Waals surface area (Å²) in [5.74, 6) is -2.29. The Morgan fingerprint density at radius 2 is 1.73 bits per heavy atom. The molecule has 6 aliphatic rings. The Labute approximate surface area is 264 Å². The van der Waals surface area contributed by atoms with Crippen molar-refractivity contribution < 1.29 is 37.2 Å². The molecule has 0 radical (unpaired) electrons. The summed E-state index contributed by atoms with van der Waals surface area (Å²) >= 11 is 0. The van der Waals surface area contributed by atoms with Gasteiger partial charge in [-0.3, -0.25) is 9.10 Å². The summed E-state index contributed by atoms with van der Waals surface area (Å²) in [6.07, 6.45) is -0.0750. The van der Waals surface area contributed by atoms with Gasteiger partial charge in [-0.25, -0.2) is 13.2 Å². The van der Waals surface area contributed by atoms with Crippen LogP contribution in [0.5, 0.6) is 0 Å². The predicted molar refractivity (Wildman–Crippen MR) is 169 cm³/mol. The Hall–Kier alpha value is -3.03. The second-order valence-corrected chi connectivity index (χ2v) is 16.2. The summed E-state index contributed by atoms with van der Waals surface area (Å²) in [4.78, 5) is 26.7. The number of carbonyl (C=O) groups is 2. The highest BCUT2D eigenvalue weighted by Gasteiger charge is 2.60. The molecule has 11 nitrogen and oxygen atoms in total. The highest BCUT2D eigenvalue weighted by molar-refractivity contribution is 7.93. The summed E-state index contributed by atoms with van der Waals surface area (Å²) in [6, 6.07) is 8.83. The van der Waals surface area contributed by atoms with Gasteiger partial charge in [-0.1, -0.05) is 32.0 Å². The third-order valence-electron chi connectivity index (χ3n) is 11.8. The summed E-state index contributed by atoms with van der Waals surface area (Å²) in [5, 5.41) is 21.9. The van der Waals surface area contributed by atoms with Crippen LogP contribution in [0.2, 0.25) is 0 Å². The zero-order valence-electron chi connectivity index (χ0n) is 26.4. The minimum atomic E-state index is -3.96. The fourth-order valence-corrected chi connectivity index (χ4v) is 10.8. The fourth-order valence-electron chi connectivity index (χ4n) is 9.13. The third-order valence-corrected chi connectivity index (χ3v) is 13.6. The molecule has 0 aliphatic carbocycles. The second kappa shape index (κ2) is 10.5. The molecule has 4 fully saturated rings. The van der Waals surface area contributed by atoms with Gasteiger partial charge < -0.3 is 29.8 Å². The first-order valence-electron chi connectivity index (χ1n) is 16.3. The summed E-state index contributed by atoms with van der Waals surface area (Å²) in [7, 11) is -3.96. The molecule has 5 atom stereocenters. The first kappa shape index (κ1) is 30.6. The van der Waals surface area contributed by atoms with E-state index in [1.165, 1.54) is 40.2 Å². The molecule has 6 aliphatic heterocycles. The van der Waals surface area contributed by atoms with Crippen LogP contribution in [-0.4, -0.2) is 122 Å². The molecular weight excluding hydrogens is 594 g/mol. The molecule has 6 heterocycles. The van der Waals surface area contributed by atoms with Crippen molar-refractivity contribution in [3.63, 3.8) is 0 Å². The minimum absolute atomic E-state index is 0.162. The molecule has 8 rings (SSSR count). The first-order chi connectivity index (χ1) is 21.3.